The molecule has 1 aromatic heterocycles. The summed E-state index contributed by atoms with van der Waals surface area (Å²) in [6.07, 6.45) is 10.0. The Bertz CT molecular complexity index is 1880. The number of aromatic hydroxyl groups is 1. The molecule has 8 rings (SSSR count). The van der Waals surface area contributed by atoms with Crippen molar-refractivity contribution < 1.29 is 18.6 Å². The molecule has 4 aliphatic rings. The summed E-state index contributed by atoms with van der Waals surface area (Å²) in [4.78, 5) is 14.1. The molecule has 238 valence electrons. The number of hydrogen-bond donors (Lipinski definition) is 2. The molecular formula is C36H37F2N5O2S. The van der Waals surface area contributed by atoms with Crippen LogP contribution >= 0.6 is 11.8 Å². The molecule has 0 spiro atoms. The maximum absolute atomic E-state index is 16.9. The third-order valence-corrected chi connectivity index (χ3v) is 11.4. The quantitative estimate of drug-likeness (QED) is 0.240. The third-order valence-electron chi connectivity index (χ3n) is 10.3. The summed E-state index contributed by atoms with van der Waals surface area (Å²) in [6, 6.07) is 10.7. The van der Waals surface area contributed by atoms with Crippen molar-refractivity contribution in [2.45, 2.75) is 50.7 Å². The van der Waals surface area contributed by atoms with Crippen LogP contribution in [-0.2, 0) is 0 Å². The van der Waals surface area contributed by atoms with Gasteiger partial charge in [0.05, 0.1) is 12.2 Å². The van der Waals surface area contributed by atoms with Crippen molar-refractivity contribution in [3.8, 4) is 35.2 Å². The van der Waals surface area contributed by atoms with Gasteiger partial charge >= 0.3 is 6.01 Å². The van der Waals surface area contributed by atoms with E-state index in [4.69, 9.17) is 16.1 Å². The average molecular weight is 642 g/mol. The molecular weight excluding hydrogens is 604 g/mol. The Morgan fingerprint density at radius 1 is 1.15 bits per heavy atom. The van der Waals surface area contributed by atoms with Gasteiger partial charge in [0.1, 0.15) is 22.9 Å². The second kappa shape index (κ2) is 11.5. The highest BCUT2D eigenvalue weighted by atomic mass is 32.2. The summed E-state index contributed by atoms with van der Waals surface area (Å²) in [5.74, 6) is 3.67. The van der Waals surface area contributed by atoms with Crippen LogP contribution in [0, 0.1) is 29.4 Å². The SMILES string of the molecule is C#Cc1cccc2cc(O)cc(-c3c(F)cc4c(N5CC6CCC(C5)N6)nc(OCC5(CN6CCSC[C@H]6C)CC5)nc4c3F)c12. The number of hydrogen-bond acceptors (Lipinski definition) is 8. The summed E-state index contributed by atoms with van der Waals surface area (Å²) in [5.41, 5.74) is 0.383. The van der Waals surface area contributed by atoms with Gasteiger partial charge in [0, 0.05) is 83.1 Å². The smallest absolute Gasteiger partial charge is 0.319 e. The number of piperazine rings is 1. The van der Waals surface area contributed by atoms with Gasteiger partial charge < -0.3 is 20.1 Å². The Labute approximate surface area is 271 Å². The molecule has 3 aliphatic heterocycles. The number of aromatic nitrogens is 2. The van der Waals surface area contributed by atoms with Gasteiger partial charge in [-0.05, 0) is 62.3 Å². The standard InChI is InChI=1S/C36H37F2N5O2S/c1-3-22-5-4-6-23-13-26(44)14-27(30(22)23)31-29(37)15-28-33(32(31)38)40-35(41-34(28)43-16-24-7-8-25(17-43)39-24)45-20-36(9-10-36)19-42-11-12-46-18-21(42)2/h1,4-6,13-15,21,24-25,39,44H,7-12,16-20H2,2H3/t21-,24?,25?/m1/s1. The van der Waals surface area contributed by atoms with E-state index in [0.717, 1.165) is 50.3 Å². The van der Waals surface area contributed by atoms with Crippen LogP contribution < -0.4 is 15.0 Å². The zero-order chi connectivity index (χ0) is 31.6. The van der Waals surface area contributed by atoms with Crippen molar-refractivity contribution in [2.24, 2.45) is 5.41 Å². The maximum atomic E-state index is 16.9. The maximum Gasteiger partial charge on any atom is 0.319 e. The molecule has 2 bridgehead atoms. The molecule has 2 N–H and O–H groups in total. The molecule has 3 atom stereocenters. The summed E-state index contributed by atoms with van der Waals surface area (Å²) >= 11 is 2.00. The van der Waals surface area contributed by atoms with Crippen molar-refractivity contribution in [1.29, 1.82) is 0 Å². The van der Waals surface area contributed by atoms with Gasteiger partial charge in [-0.25, -0.2) is 8.78 Å². The summed E-state index contributed by atoms with van der Waals surface area (Å²) in [6.45, 7) is 6.13. The Balaban J connectivity index is 1.23. The van der Waals surface area contributed by atoms with Crippen LogP contribution in [0.3, 0.4) is 0 Å². The van der Waals surface area contributed by atoms with Gasteiger partial charge in [-0.15, -0.1) is 6.42 Å². The Kier molecular flexibility index (Phi) is 7.46. The van der Waals surface area contributed by atoms with E-state index >= 15 is 8.78 Å². The van der Waals surface area contributed by atoms with Crippen LogP contribution in [0.15, 0.2) is 36.4 Å². The number of benzene rings is 3. The lowest BCUT2D eigenvalue weighted by Crippen LogP contribution is -2.51. The second-order valence-electron chi connectivity index (χ2n) is 13.5. The van der Waals surface area contributed by atoms with E-state index in [1.807, 2.05) is 11.8 Å². The highest BCUT2D eigenvalue weighted by Crippen LogP contribution is 2.47. The second-order valence-corrected chi connectivity index (χ2v) is 14.7. The number of fused-ring (bicyclic) bond motifs is 4. The molecule has 3 aromatic carbocycles. The van der Waals surface area contributed by atoms with Gasteiger partial charge in [-0.3, -0.25) is 4.90 Å². The molecule has 0 radical (unpaired) electrons. The molecule has 2 unspecified atom stereocenters. The lowest BCUT2D eigenvalue weighted by atomic mass is 9.93. The minimum absolute atomic E-state index is 0.0107. The number of phenolic OH excluding ortho intramolecular Hbond substituents is 1. The van der Waals surface area contributed by atoms with E-state index in [-0.39, 0.29) is 33.8 Å². The van der Waals surface area contributed by atoms with E-state index in [1.54, 1.807) is 24.3 Å². The first-order valence-electron chi connectivity index (χ1n) is 16.2. The average Bonchev–Trinajstić information content (AvgIpc) is 3.74. The first-order valence-corrected chi connectivity index (χ1v) is 17.3. The molecule has 1 aliphatic carbocycles. The third kappa shape index (κ3) is 5.32. The number of phenols is 1. The largest absolute Gasteiger partial charge is 0.508 e. The van der Waals surface area contributed by atoms with Crippen LogP contribution in [-0.4, -0.2) is 82.4 Å². The first-order chi connectivity index (χ1) is 22.3. The zero-order valence-electron chi connectivity index (χ0n) is 25.9. The predicted octanol–water partition coefficient (Wildman–Crippen LogP) is 5.95. The van der Waals surface area contributed by atoms with Crippen LogP contribution in [0.4, 0.5) is 14.6 Å². The number of ether oxygens (including phenoxy) is 1. The van der Waals surface area contributed by atoms with Gasteiger partial charge in [0.15, 0.2) is 5.82 Å². The van der Waals surface area contributed by atoms with Gasteiger partial charge in [0.2, 0.25) is 0 Å². The first kappa shape index (κ1) is 29.7. The lowest BCUT2D eigenvalue weighted by Gasteiger charge is -2.36. The zero-order valence-corrected chi connectivity index (χ0v) is 26.7. The molecule has 46 heavy (non-hydrogen) atoms. The molecule has 10 heteroatoms. The fourth-order valence-electron chi connectivity index (χ4n) is 7.58. The Morgan fingerprint density at radius 2 is 1.96 bits per heavy atom. The van der Waals surface area contributed by atoms with Crippen LogP contribution in [0.2, 0.25) is 0 Å². The van der Waals surface area contributed by atoms with E-state index in [2.05, 4.69) is 32.9 Å². The molecule has 4 aromatic rings. The summed E-state index contributed by atoms with van der Waals surface area (Å²) < 4.78 is 39.5. The van der Waals surface area contributed by atoms with Crippen molar-refractivity contribution in [2.75, 3.05) is 49.2 Å². The van der Waals surface area contributed by atoms with Gasteiger partial charge in [-0.2, -0.15) is 21.7 Å². The fourth-order valence-corrected chi connectivity index (χ4v) is 8.66. The van der Waals surface area contributed by atoms with Gasteiger partial charge in [-0.1, -0.05) is 18.1 Å². The number of rotatable bonds is 7. The molecule has 3 saturated heterocycles. The van der Waals surface area contributed by atoms with Crippen molar-refractivity contribution >= 4 is 39.3 Å². The Hall–Kier alpha value is -3.65. The lowest BCUT2D eigenvalue weighted by molar-refractivity contribution is 0.137. The number of nitrogens with zero attached hydrogens (tertiary/aromatic N) is 4. The Morgan fingerprint density at radius 3 is 2.70 bits per heavy atom. The van der Waals surface area contributed by atoms with Crippen molar-refractivity contribution in [3.05, 3.63) is 53.6 Å². The predicted molar refractivity (Wildman–Crippen MR) is 180 cm³/mol. The number of halogens is 2. The number of nitrogens with one attached hydrogen (secondary N) is 1. The fraction of sp³-hybridized carbons (Fsp3) is 0.444. The van der Waals surface area contributed by atoms with Gasteiger partial charge in [0.25, 0.3) is 0 Å². The van der Waals surface area contributed by atoms with Crippen LogP contribution in [0.25, 0.3) is 32.8 Å². The van der Waals surface area contributed by atoms with E-state index in [0.29, 0.717) is 65.4 Å². The van der Waals surface area contributed by atoms with E-state index < -0.39 is 11.6 Å². The number of anilines is 1. The molecule has 4 heterocycles. The number of terminal acetylenes is 1. The molecule has 0 amide bonds. The number of thioether (sulfide) groups is 1. The van der Waals surface area contributed by atoms with Crippen LogP contribution in [0.5, 0.6) is 11.8 Å². The summed E-state index contributed by atoms with van der Waals surface area (Å²) in [7, 11) is 0. The minimum Gasteiger partial charge on any atom is -0.508 e. The van der Waals surface area contributed by atoms with Crippen molar-refractivity contribution in [1.82, 2.24) is 20.2 Å². The molecule has 7 nitrogen and oxygen atoms in total. The van der Waals surface area contributed by atoms with E-state index in [9.17, 15) is 5.11 Å². The topological polar surface area (TPSA) is 73.8 Å². The monoisotopic (exact) mass is 641 g/mol. The molecule has 4 fully saturated rings. The highest BCUT2D eigenvalue weighted by molar-refractivity contribution is 7.99. The van der Waals surface area contributed by atoms with Crippen LogP contribution in [0.1, 0.15) is 38.2 Å². The normalized spacial score (nSPS) is 24.0. The van der Waals surface area contributed by atoms with E-state index in [1.165, 1.54) is 12.1 Å². The van der Waals surface area contributed by atoms with Crippen molar-refractivity contribution in [3.63, 3.8) is 0 Å². The highest BCUT2D eigenvalue weighted by Gasteiger charge is 2.46. The minimum atomic E-state index is -0.832. The summed E-state index contributed by atoms with van der Waals surface area (Å²) in [5, 5.41) is 15.6. The molecule has 1 saturated carbocycles.